The molecule has 1 aromatic rings. The van der Waals surface area contributed by atoms with Gasteiger partial charge in [0.1, 0.15) is 6.04 Å². The van der Waals surface area contributed by atoms with E-state index in [0.717, 1.165) is 25.7 Å². The zero-order valence-electron chi connectivity index (χ0n) is 14.9. The van der Waals surface area contributed by atoms with E-state index < -0.39 is 12.0 Å². The number of likely N-dealkylation sites (tertiary alicyclic amines) is 2. The van der Waals surface area contributed by atoms with Gasteiger partial charge in [0.2, 0.25) is 5.91 Å². The van der Waals surface area contributed by atoms with Crippen LogP contribution < -0.4 is 0 Å². The number of carbonyl (C=O) groups excluding carboxylic acids is 2. The quantitative estimate of drug-likeness (QED) is 0.889. The Morgan fingerprint density at radius 3 is 2.46 bits per heavy atom. The lowest BCUT2D eigenvalue weighted by Gasteiger charge is -2.39. The second-order valence-corrected chi connectivity index (χ2v) is 8.02. The van der Waals surface area contributed by atoms with Crippen molar-refractivity contribution in [3.63, 3.8) is 0 Å². The summed E-state index contributed by atoms with van der Waals surface area (Å²) >= 11 is 0. The number of hydrogen-bond donors (Lipinski definition) is 1. The number of amides is 2. The molecule has 2 amide bonds. The van der Waals surface area contributed by atoms with Gasteiger partial charge in [-0.3, -0.25) is 9.59 Å². The molecular formula is C19H24N2O5. The molecule has 0 bridgehead atoms. The summed E-state index contributed by atoms with van der Waals surface area (Å²) in [6, 6.07) is 0.870. The van der Waals surface area contributed by atoms with Crippen molar-refractivity contribution in [2.45, 2.75) is 45.1 Å². The highest BCUT2D eigenvalue weighted by Gasteiger charge is 2.51. The van der Waals surface area contributed by atoms with E-state index in [9.17, 15) is 19.5 Å². The minimum absolute atomic E-state index is 0.208. The Labute approximate surface area is 151 Å². The molecule has 140 valence electrons. The highest BCUT2D eigenvalue weighted by Crippen LogP contribution is 2.45. The molecule has 1 atom stereocenters. The van der Waals surface area contributed by atoms with E-state index in [4.69, 9.17) is 4.42 Å². The van der Waals surface area contributed by atoms with Crippen LogP contribution in [0.15, 0.2) is 16.7 Å². The number of nitrogens with zero attached hydrogens (tertiary/aromatic N) is 2. The van der Waals surface area contributed by atoms with Crippen molar-refractivity contribution < 1.29 is 23.9 Å². The van der Waals surface area contributed by atoms with Gasteiger partial charge in [0.25, 0.3) is 5.91 Å². The number of aryl methyl sites for hydroxylation is 1. The molecular weight excluding hydrogens is 336 g/mol. The van der Waals surface area contributed by atoms with Crippen molar-refractivity contribution in [1.29, 1.82) is 0 Å². The van der Waals surface area contributed by atoms with Gasteiger partial charge in [0, 0.05) is 31.1 Å². The topological polar surface area (TPSA) is 91.1 Å². The Morgan fingerprint density at radius 1 is 1.23 bits per heavy atom. The lowest BCUT2D eigenvalue weighted by molar-refractivity contribution is -0.141. The molecule has 1 aromatic heterocycles. The largest absolute Gasteiger partial charge is 0.480 e. The first-order valence-electron chi connectivity index (χ1n) is 9.27. The van der Waals surface area contributed by atoms with Crippen LogP contribution in [0.3, 0.4) is 0 Å². The number of aliphatic carboxylic acids is 1. The number of piperidine rings is 1. The van der Waals surface area contributed by atoms with E-state index in [1.165, 1.54) is 11.2 Å². The number of carbonyl (C=O) groups is 3. The average Bonchev–Trinajstić information content (AvgIpc) is 3.28. The van der Waals surface area contributed by atoms with Crippen LogP contribution in [0.5, 0.6) is 0 Å². The van der Waals surface area contributed by atoms with E-state index in [2.05, 4.69) is 0 Å². The molecule has 1 spiro atoms. The summed E-state index contributed by atoms with van der Waals surface area (Å²) in [6.45, 7) is 3.50. The van der Waals surface area contributed by atoms with Crippen LogP contribution in [0.2, 0.25) is 0 Å². The molecule has 1 aliphatic carbocycles. The highest BCUT2D eigenvalue weighted by atomic mass is 16.4. The molecule has 3 fully saturated rings. The van der Waals surface area contributed by atoms with E-state index in [1.54, 1.807) is 13.0 Å². The smallest absolute Gasteiger partial charge is 0.326 e. The number of carboxylic acids is 1. The fourth-order valence-electron chi connectivity index (χ4n) is 4.36. The standard InChI is InChI=1S/C19H24N2O5/c1-12-4-9-26-15(12)17(23)21-11-19(10-14(21)18(24)25)5-7-20(8-6-19)16(22)13-2-3-13/h4,9,13-14H,2-3,5-8,10-11H2,1H3,(H,24,25)/t14-/m0/s1. The summed E-state index contributed by atoms with van der Waals surface area (Å²) in [5.41, 5.74) is 0.490. The van der Waals surface area contributed by atoms with E-state index in [1.807, 2.05) is 4.90 Å². The maximum atomic E-state index is 12.8. The third-order valence-electron chi connectivity index (χ3n) is 6.17. The monoisotopic (exact) mass is 360 g/mol. The molecule has 0 aromatic carbocycles. The average molecular weight is 360 g/mol. The predicted octanol–water partition coefficient (Wildman–Crippen LogP) is 1.91. The van der Waals surface area contributed by atoms with Gasteiger partial charge in [-0.25, -0.2) is 4.79 Å². The Kier molecular flexibility index (Phi) is 4.04. The second-order valence-electron chi connectivity index (χ2n) is 8.02. The third kappa shape index (κ3) is 2.89. The molecule has 2 aliphatic heterocycles. The SMILES string of the molecule is Cc1ccoc1C(=O)N1CC2(CCN(C(=O)C3CC3)CC2)C[C@H]1C(=O)O. The van der Waals surface area contributed by atoms with Gasteiger partial charge in [-0.1, -0.05) is 0 Å². The molecule has 7 nitrogen and oxygen atoms in total. The van der Waals surface area contributed by atoms with E-state index >= 15 is 0 Å². The normalized spacial score (nSPS) is 24.9. The van der Waals surface area contributed by atoms with Crippen LogP contribution in [0.4, 0.5) is 0 Å². The lowest BCUT2D eigenvalue weighted by atomic mass is 9.76. The van der Waals surface area contributed by atoms with Crippen LogP contribution in [0.1, 0.15) is 48.2 Å². The molecule has 0 radical (unpaired) electrons. The van der Waals surface area contributed by atoms with E-state index in [0.29, 0.717) is 31.6 Å². The lowest BCUT2D eigenvalue weighted by Crippen LogP contribution is -2.45. The summed E-state index contributed by atoms with van der Waals surface area (Å²) in [5.74, 6) is -0.662. The van der Waals surface area contributed by atoms with Crippen molar-refractivity contribution in [3.05, 3.63) is 23.7 Å². The third-order valence-corrected chi connectivity index (χ3v) is 6.17. The zero-order valence-corrected chi connectivity index (χ0v) is 14.9. The Bertz CT molecular complexity index is 743. The Balaban J connectivity index is 1.49. The van der Waals surface area contributed by atoms with Crippen molar-refractivity contribution in [3.8, 4) is 0 Å². The number of carboxylic acid groups (broad SMARTS) is 1. The van der Waals surface area contributed by atoms with Crippen LogP contribution in [-0.2, 0) is 9.59 Å². The van der Waals surface area contributed by atoms with Crippen molar-refractivity contribution >= 4 is 17.8 Å². The van der Waals surface area contributed by atoms with Crippen LogP contribution in [0, 0.1) is 18.3 Å². The fourth-order valence-corrected chi connectivity index (χ4v) is 4.36. The minimum atomic E-state index is -0.976. The van der Waals surface area contributed by atoms with Crippen molar-refractivity contribution in [2.75, 3.05) is 19.6 Å². The van der Waals surface area contributed by atoms with Gasteiger partial charge in [-0.05, 0) is 50.5 Å². The molecule has 7 heteroatoms. The van der Waals surface area contributed by atoms with Gasteiger partial charge in [-0.15, -0.1) is 0 Å². The van der Waals surface area contributed by atoms with E-state index in [-0.39, 0.29) is 28.9 Å². The zero-order chi connectivity index (χ0) is 18.5. The predicted molar refractivity (Wildman–Crippen MR) is 91.5 cm³/mol. The van der Waals surface area contributed by atoms with Gasteiger partial charge in [0.15, 0.2) is 5.76 Å². The van der Waals surface area contributed by atoms with Crippen LogP contribution in [0.25, 0.3) is 0 Å². The molecule has 0 unspecified atom stereocenters. The van der Waals surface area contributed by atoms with Gasteiger partial charge in [-0.2, -0.15) is 0 Å². The summed E-state index contributed by atoms with van der Waals surface area (Å²) in [7, 11) is 0. The molecule has 3 aliphatic rings. The molecule has 4 rings (SSSR count). The van der Waals surface area contributed by atoms with Crippen molar-refractivity contribution in [2.24, 2.45) is 11.3 Å². The molecule has 2 saturated heterocycles. The van der Waals surface area contributed by atoms with Crippen LogP contribution >= 0.6 is 0 Å². The number of hydrogen-bond acceptors (Lipinski definition) is 4. The summed E-state index contributed by atoms with van der Waals surface area (Å²) in [5, 5.41) is 9.65. The summed E-state index contributed by atoms with van der Waals surface area (Å²) in [6.07, 6.45) is 5.37. The fraction of sp³-hybridized carbons (Fsp3) is 0.632. The summed E-state index contributed by atoms with van der Waals surface area (Å²) in [4.78, 5) is 40.2. The maximum absolute atomic E-state index is 12.8. The first kappa shape index (κ1) is 17.1. The van der Waals surface area contributed by atoms with Crippen molar-refractivity contribution in [1.82, 2.24) is 9.80 Å². The molecule has 1 N–H and O–H groups in total. The Hall–Kier alpha value is -2.31. The first-order chi connectivity index (χ1) is 12.4. The van der Waals surface area contributed by atoms with Gasteiger partial charge >= 0.3 is 5.97 Å². The molecule has 3 heterocycles. The van der Waals surface area contributed by atoms with Crippen LogP contribution in [-0.4, -0.2) is 58.4 Å². The number of furan rings is 1. The molecule has 26 heavy (non-hydrogen) atoms. The maximum Gasteiger partial charge on any atom is 0.326 e. The second kappa shape index (κ2) is 6.14. The highest BCUT2D eigenvalue weighted by molar-refractivity contribution is 5.96. The van der Waals surface area contributed by atoms with Gasteiger partial charge in [0.05, 0.1) is 6.26 Å². The summed E-state index contributed by atoms with van der Waals surface area (Å²) < 4.78 is 5.29. The van der Waals surface area contributed by atoms with Gasteiger partial charge < -0.3 is 19.3 Å². The Morgan fingerprint density at radius 2 is 1.92 bits per heavy atom. The first-order valence-corrected chi connectivity index (χ1v) is 9.27. The molecule has 1 saturated carbocycles. The number of rotatable bonds is 3. The minimum Gasteiger partial charge on any atom is -0.480 e.